The van der Waals surface area contributed by atoms with Crippen LogP contribution in [0, 0.1) is 12.7 Å². The largest absolute Gasteiger partial charge is 0.393 e. The fraction of sp³-hybridized carbons (Fsp3) is 0.480. The predicted molar refractivity (Wildman–Crippen MR) is 126 cm³/mol. The summed E-state index contributed by atoms with van der Waals surface area (Å²) >= 11 is 0. The number of aromatic nitrogens is 3. The fourth-order valence-corrected chi connectivity index (χ4v) is 4.72. The molecule has 7 nitrogen and oxygen atoms in total. The highest BCUT2D eigenvalue weighted by Gasteiger charge is 2.37. The third kappa shape index (κ3) is 4.30. The van der Waals surface area contributed by atoms with Gasteiger partial charge in [0.25, 0.3) is 5.56 Å². The molecule has 2 heterocycles. The molecule has 1 aromatic carbocycles. The van der Waals surface area contributed by atoms with Gasteiger partial charge in [0.15, 0.2) is 0 Å². The second-order valence-electron chi connectivity index (χ2n) is 9.27. The number of pyridine rings is 1. The lowest BCUT2D eigenvalue weighted by atomic mass is 9.79. The molecule has 0 amide bonds. The number of anilines is 1. The van der Waals surface area contributed by atoms with Gasteiger partial charge in [0.05, 0.1) is 23.1 Å². The summed E-state index contributed by atoms with van der Waals surface area (Å²) in [5.41, 5.74) is -0.857. The first-order chi connectivity index (χ1) is 16.0. The average molecular weight is 473 g/mol. The normalized spacial score (nSPS) is 22.5. The Morgan fingerprint density at radius 3 is 2.50 bits per heavy atom. The first-order valence-electron chi connectivity index (χ1n) is 11.5. The molecule has 0 aliphatic heterocycles. The second-order valence-corrected chi connectivity index (χ2v) is 9.27. The highest BCUT2D eigenvalue weighted by molar-refractivity contribution is 5.87. The maximum Gasteiger partial charge on any atom is 0.258 e. The van der Waals surface area contributed by atoms with Crippen molar-refractivity contribution in [2.24, 2.45) is 7.05 Å². The van der Waals surface area contributed by atoms with Gasteiger partial charge in [-0.2, -0.15) is 0 Å². The van der Waals surface area contributed by atoms with Crippen molar-refractivity contribution in [3.63, 3.8) is 0 Å². The van der Waals surface area contributed by atoms with Gasteiger partial charge in [0.2, 0.25) is 0 Å². The molecule has 0 radical (unpaired) electrons. The summed E-state index contributed by atoms with van der Waals surface area (Å²) in [5.74, 6) is 0.177. The van der Waals surface area contributed by atoms with Crippen LogP contribution in [-0.4, -0.2) is 30.9 Å². The Bertz CT molecular complexity index is 1280. The third-order valence-corrected chi connectivity index (χ3v) is 6.77. The molecule has 4 rings (SSSR count). The van der Waals surface area contributed by atoms with Crippen molar-refractivity contribution in [3.8, 4) is 0 Å². The van der Waals surface area contributed by atoms with E-state index in [1.165, 1.54) is 17.6 Å². The van der Waals surface area contributed by atoms with Gasteiger partial charge < -0.3 is 15.5 Å². The number of fused-ring (bicyclic) bond motifs is 1. The summed E-state index contributed by atoms with van der Waals surface area (Å²) < 4.78 is 30.2. The SMILES string of the molecule is Cc1nc(N[C@H](C)c2cccc(C(C)F)c2F)c2cc([C@]3(O)CC[C@@H](O)CC3)c(=O)n(C)c2n1. The molecule has 3 N–H and O–H groups in total. The molecule has 2 aromatic heterocycles. The number of hydrogen-bond donors (Lipinski definition) is 3. The number of aliphatic hydroxyl groups is 2. The molecule has 1 aliphatic rings. The van der Waals surface area contributed by atoms with Crippen LogP contribution >= 0.6 is 0 Å². The first kappa shape index (κ1) is 24.2. The van der Waals surface area contributed by atoms with E-state index in [0.29, 0.717) is 35.5 Å². The van der Waals surface area contributed by atoms with Crippen LogP contribution in [0.15, 0.2) is 29.1 Å². The molecule has 1 saturated carbocycles. The van der Waals surface area contributed by atoms with Crippen molar-refractivity contribution >= 4 is 16.9 Å². The standard InChI is InChI=1S/C25H30F2N4O3/c1-13(26)17-6-5-7-18(21(17)27)14(2)28-22-19-12-20(25(34)10-8-16(32)9-11-25)24(33)31(4)23(19)30-15(3)29-22/h5-7,12-14,16,32,34H,8-11H2,1-4H3,(H,28,29,30)/t13?,14-,16-,25+/m1/s1. The van der Waals surface area contributed by atoms with Gasteiger partial charge in [0.1, 0.15) is 29.3 Å². The van der Waals surface area contributed by atoms with Crippen molar-refractivity contribution in [3.05, 3.63) is 63.0 Å². The zero-order chi connectivity index (χ0) is 24.8. The lowest BCUT2D eigenvalue weighted by Gasteiger charge is -2.34. The minimum atomic E-state index is -1.44. The molecule has 3 aromatic rings. The number of alkyl halides is 1. The molecule has 9 heteroatoms. The Morgan fingerprint density at radius 2 is 1.85 bits per heavy atom. The topological polar surface area (TPSA) is 100 Å². The third-order valence-electron chi connectivity index (χ3n) is 6.77. The van der Waals surface area contributed by atoms with E-state index in [4.69, 9.17) is 0 Å². The van der Waals surface area contributed by atoms with Crippen LogP contribution in [-0.2, 0) is 12.6 Å². The highest BCUT2D eigenvalue weighted by Crippen LogP contribution is 2.37. The summed E-state index contributed by atoms with van der Waals surface area (Å²) in [6, 6.07) is 5.65. The fourth-order valence-electron chi connectivity index (χ4n) is 4.72. The number of aryl methyl sites for hydroxylation is 2. The molecule has 34 heavy (non-hydrogen) atoms. The van der Waals surface area contributed by atoms with Gasteiger partial charge in [-0.25, -0.2) is 18.7 Å². The zero-order valence-corrected chi connectivity index (χ0v) is 19.8. The number of nitrogens with zero attached hydrogens (tertiary/aromatic N) is 3. The predicted octanol–water partition coefficient (Wildman–Crippen LogP) is 4.10. The van der Waals surface area contributed by atoms with Crippen LogP contribution in [0.1, 0.15) is 74.3 Å². The van der Waals surface area contributed by atoms with E-state index >= 15 is 0 Å². The zero-order valence-electron chi connectivity index (χ0n) is 19.8. The Kier molecular flexibility index (Phi) is 6.44. The van der Waals surface area contributed by atoms with E-state index in [0.717, 1.165) is 0 Å². The number of halogens is 2. The summed E-state index contributed by atoms with van der Waals surface area (Å²) in [6.07, 6.45) is -0.618. The quantitative estimate of drug-likeness (QED) is 0.517. The highest BCUT2D eigenvalue weighted by atomic mass is 19.1. The van der Waals surface area contributed by atoms with E-state index in [1.807, 2.05) is 0 Å². The van der Waals surface area contributed by atoms with Crippen LogP contribution in [0.4, 0.5) is 14.6 Å². The molecule has 182 valence electrons. The molecule has 1 fully saturated rings. The van der Waals surface area contributed by atoms with Gasteiger partial charge >= 0.3 is 0 Å². The second kappa shape index (κ2) is 9.03. The van der Waals surface area contributed by atoms with Gasteiger partial charge in [0, 0.05) is 23.7 Å². The molecule has 1 unspecified atom stereocenters. The van der Waals surface area contributed by atoms with E-state index in [1.54, 1.807) is 39.1 Å². The lowest BCUT2D eigenvalue weighted by molar-refractivity contribution is -0.0371. The van der Waals surface area contributed by atoms with Crippen molar-refractivity contribution in [2.45, 2.75) is 70.4 Å². The van der Waals surface area contributed by atoms with Crippen LogP contribution in [0.3, 0.4) is 0 Å². The molecule has 2 atom stereocenters. The summed E-state index contributed by atoms with van der Waals surface area (Å²) in [6.45, 7) is 4.72. The van der Waals surface area contributed by atoms with Crippen LogP contribution in [0.25, 0.3) is 11.0 Å². The van der Waals surface area contributed by atoms with Gasteiger partial charge in [-0.1, -0.05) is 18.2 Å². The number of benzene rings is 1. The first-order valence-corrected chi connectivity index (χ1v) is 11.5. The van der Waals surface area contributed by atoms with E-state index < -0.39 is 29.7 Å². The van der Waals surface area contributed by atoms with Gasteiger partial charge in [-0.05, 0) is 52.5 Å². The summed E-state index contributed by atoms with van der Waals surface area (Å²) in [4.78, 5) is 22.1. The van der Waals surface area contributed by atoms with E-state index in [-0.39, 0.29) is 35.1 Å². The van der Waals surface area contributed by atoms with Crippen molar-refractivity contribution in [1.82, 2.24) is 14.5 Å². The average Bonchev–Trinajstić information content (AvgIpc) is 2.78. The van der Waals surface area contributed by atoms with Crippen molar-refractivity contribution in [2.75, 3.05) is 5.32 Å². The van der Waals surface area contributed by atoms with E-state index in [9.17, 15) is 23.8 Å². The number of nitrogens with one attached hydrogen (secondary N) is 1. The van der Waals surface area contributed by atoms with Gasteiger partial charge in [-0.15, -0.1) is 0 Å². The molecular formula is C25H30F2N4O3. The number of rotatable bonds is 5. The molecule has 1 aliphatic carbocycles. The Balaban J connectivity index is 1.82. The van der Waals surface area contributed by atoms with Crippen molar-refractivity contribution < 1.29 is 19.0 Å². The maximum absolute atomic E-state index is 15.0. The molecule has 0 saturated heterocycles. The van der Waals surface area contributed by atoms with Gasteiger partial charge in [-0.3, -0.25) is 9.36 Å². The monoisotopic (exact) mass is 472 g/mol. The number of aliphatic hydroxyl groups excluding tert-OH is 1. The summed E-state index contributed by atoms with van der Waals surface area (Å²) in [7, 11) is 1.58. The van der Waals surface area contributed by atoms with Crippen LogP contribution in [0.2, 0.25) is 0 Å². The Labute approximate surface area is 196 Å². The van der Waals surface area contributed by atoms with Crippen molar-refractivity contribution in [1.29, 1.82) is 0 Å². The van der Waals surface area contributed by atoms with Crippen LogP contribution in [0.5, 0.6) is 0 Å². The minimum absolute atomic E-state index is 0.0127. The van der Waals surface area contributed by atoms with E-state index in [2.05, 4.69) is 15.3 Å². The Morgan fingerprint density at radius 1 is 1.21 bits per heavy atom. The van der Waals surface area contributed by atoms with Crippen LogP contribution < -0.4 is 10.9 Å². The lowest BCUT2D eigenvalue weighted by Crippen LogP contribution is -2.39. The number of hydrogen-bond acceptors (Lipinski definition) is 6. The maximum atomic E-state index is 15.0. The summed E-state index contributed by atoms with van der Waals surface area (Å²) in [5, 5.41) is 24.8. The minimum Gasteiger partial charge on any atom is -0.393 e. The molecular weight excluding hydrogens is 442 g/mol. The molecule has 0 bridgehead atoms. The molecule has 0 spiro atoms. The smallest absolute Gasteiger partial charge is 0.258 e. The Hall–Kier alpha value is -2.91.